The summed E-state index contributed by atoms with van der Waals surface area (Å²) >= 11 is 0. The molecule has 144 valence electrons. The third-order valence-corrected chi connectivity index (χ3v) is 5.26. The highest BCUT2D eigenvalue weighted by Gasteiger charge is 2.23. The Bertz CT molecular complexity index is 735. The highest BCUT2D eigenvalue weighted by atomic mass is 16.5. The fraction of sp³-hybridized carbons (Fsp3) is 0.455. The number of aromatic nitrogens is 1. The number of nitrogens with zero attached hydrogens (tertiary/aromatic N) is 3. The van der Waals surface area contributed by atoms with Gasteiger partial charge in [-0.25, -0.2) is 0 Å². The second-order valence-electron chi connectivity index (χ2n) is 7.27. The van der Waals surface area contributed by atoms with Crippen LogP contribution in [0.4, 0.5) is 0 Å². The van der Waals surface area contributed by atoms with Crippen molar-refractivity contribution in [1.82, 2.24) is 14.8 Å². The van der Waals surface area contributed by atoms with Crippen molar-refractivity contribution in [2.75, 3.05) is 40.3 Å². The highest BCUT2D eigenvalue weighted by Crippen LogP contribution is 2.21. The van der Waals surface area contributed by atoms with Crippen molar-refractivity contribution in [2.24, 2.45) is 5.92 Å². The molecule has 0 N–H and O–H groups in total. The molecule has 1 aromatic carbocycles. The zero-order valence-corrected chi connectivity index (χ0v) is 16.3. The molecule has 0 unspecified atom stereocenters. The number of benzene rings is 1. The Morgan fingerprint density at radius 3 is 2.85 bits per heavy atom. The molecule has 0 aliphatic carbocycles. The number of hydrogen-bond donors (Lipinski definition) is 0. The summed E-state index contributed by atoms with van der Waals surface area (Å²) in [5.74, 6) is 1.47. The lowest BCUT2D eigenvalue weighted by Crippen LogP contribution is -2.42. The van der Waals surface area contributed by atoms with Crippen molar-refractivity contribution in [3.8, 4) is 5.75 Å². The first-order valence-electron chi connectivity index (χ1n) is 9.68. The molecule has 1 aliphatic rings. The molecule has 2 aromatic rings. The number of carbonyl (C=O) groups is 1. The van der Waals surface area contributed by atoms with Crippen molar-refractivity contribution in [1.29, 1.82) is 0 Å². The summed E-state index contributed by atoms with van der Waals surface area (Å²) in [5, 5.41) is 0. The molecule has 1 fully saturated rings. The zero-order chi connectivity index (χ0) is 19.1. The van der Waals surface area contributed by atoms with Gasteiger partial charge in [0.25, 0.3) is 5.91 Å². The number of methoxy groups -OCH3 is 1. The topological polar surface area (TPSA) is 45.7 Å². The number of para-hydroxylation sites is 1. The number of likely N-dealkylation sites (tertiary alicyclic amines) is 1. The van der Waals surface area contributed by atoms with E-state index in [-0.39, 0.29) is 5.91 Å². The highest BCUT2D eigenvalue weighted by molar-refractivity contribution is 5.92. The lowest BCUT2D eigenvalue weighted by molar-refractivity contribution is 0.0724. The number of hydrogen-bond acceptors (Lipinski definition) is 4. The van der Waals surface area contributed by atoms with E-state index in [0.29, 0.717) is 11.6 Å². The van der Waals surface area contributed by atoms with Gasteiger partial charge < -0.3 is 14.5 Å². The van der Waals surface area contributed by atoms with Gasteiger partial charge in [-0.2, -0.15) is 0 Å². The average molecular weight is 367 g/mol. The standard InChI is InChI=1S/C22H29N3O2/c1-24(22(26)20-10-5-6-13-23-20)16-18-8-7-14-25(17-18)15-12-19-9-3-4-11-21(19)27-2/h3-6,9-11,13,18H,7-8,12,14-17H2,1-2H3/t18-/m1/s1. The first-order chi connectivity index (χ1) is 13.2. The van der Waals surface area contributed by atoms with Gasteiger partial charge in [-0.15, -0.1) is 0 Å². The van der Waals surface area contributed by atoms with E-state index in [1.165, 1.54) is 18.4 Å². The van der Waals surface area contributed by atoms with Gasteiger partial charge >= 0.3 is 0 Å². The molecule has 1 atom stereocenters. The van der Waals surface area contributed by atoms with Gasteiger partial charge in [-0.05, 0) is 55.5 Å². The van der Waals surface area contributed by atoms with Crippen LogP contribution in [-0.4, -0.2) is 61.0 Å². The lowest BCUT2D eigenvalue weighted by Gasteiger charge is -2.34. The van der Waals surface area contributed by atoms with Crippen molar-refractivity contribution in [3.63, 3.8) is 0 Å². The number of ether oxygens (including phenoxy) is 1. The van der Waals surface area contributed by atoms with Crippen LogP contribution in [0.5, 0.6) is 5.75 Å². The van der Waals surface area contributed by atoms with Crippen LogP contribution in [0.1, 0.15) is 28.9 Å². The molecular formula is C22H29N3O2. The lowest BCUT2D eigenvalue weighted by atomic mass is 9.97. The van der Waals surface area contributed by atoms with Gasteiger partial charge in [0.15, 0.2) is 0 Å². The number of amides is 1. The van der Waals surface area contributed by atoms with Crippen molar-refractivity contribution in [2.45, 2.75) is 19.3 Å². The van der Waals surface area contributed by atoms with Crippen LogP contribution in [0.3, 0.4) is 0 Å². The van der Waals surface area contributed by atoms with Gasteiger partial charge in [0.05, 0.1) is 7.11 Å². The minimum Gasteiger partial charge on any atom is -0.496 e. The van der Waals surface area contributed by atoms with E-state index in [9.17, 15) is 4.79 Å². The van der Waals surface area contributed by atoms with E-state index in [1.54, 1.807) is 19.4 Å². The van der Waals surface area contributed by atoms with Crippen LogP contribution in [0, 0.1) is 5.92 Å². The molecule has 1 aliphatic heterocycles. The molecule has 0 saturated carbocycles. The molecule has 3 rings (SSSR count). The average Bonchev–Trinajstić information content (AvgIpc) is 2.72. The smallest absolute Gasteiger partial charge is 0.272 e. The van der Waals surface area contributed by atoms with Crippen LogP contribution in [0.2, 0.25) is 0 Å². The first kappa shape index (κ1) is 19.4. The van der Waals surface area contributed by atoms with Crippen LogP contribution in [0.25, 0.3) is 0 Å². The third-order valence-electron chi connectivity index (χ3n) is 5.26. The summed E-state index contributed by atoms with van der Waals surface area (Å²) in [6.07, 6.45) is 5.01. The number of carbonyl (C=O) groups excluding carboxylic acids is 1. The van der Waals surface area contributed by atoms with E-state index < -0.39 is 0 Å². The van der Waals surface area contributed by atoms with Gasteiger partial charge in [-0.1, -0.05) is 24.3 Å². The van der Waals surface area contributed by atoms with Crippen LogP contribution >= 0.6 is 0 Å². The van der Waals surface area contributed by atoms with E-state index in [1.807, 2.05) is 36.2 Å². The minimum absolute atomic E-state index is 0.00162. The summed E-state index contributed by atoms with van der Waals surface area (Å²) in [6, 6.07) is 13.7. The number of piperidine rings is 1. The van der Waals surface area contributed by atoms with Crippen LogP contribution < -0.4 is 4.74 Å². The van der Waals surface area contributed by atoms with Crippen molar-refractivity contribution in [3.05, 3.63) is 59.9 Å². The summed E-state index contributed by atoms with van der Waals surface area (Å²) in [7, 11) is 3.61. The Morgan fingerprint density at radius 1 is 1.26 bits per heavy atom. The second-order valence-corrected chi connectivity index (χ2v) is 7.27. The summed E-state index contributed by atoms with van der Waals surface area (Å²) in [5.41, 5.74) is 1.77. The summed E-state index contributed by atoms with van der Waals surface area (Å²) in [4.78, 5) is 21.0. The minimum atomic E-state index is 0.00162. The first-order valence-corrected chi connectivity index (χ1v) is 9.68. The van der Waals surface area contributed by atoms with Crippen LogP contribution in [0.15, 0.2) is 48.7 Å². The monoisotopic (exact) mass is 367 g/mol. The Morgan fingerprint density at radius 2 is 2.07 bits per heavy atom. The predicted octanol–water partition coefficient (Wildman–Crippen LogP) is 3.12. The molecule has 0 radical (unpaired) electrons. The number of pyridine rings is 1. The quantitative estimate of drug-likeness (QED) is 0.754. The zero-order valence-electron chi connectivity index (χ0n) is 16.3. The van der Waals surface area contributed by atoms with Gasteiger partial charge in [0.1, 0.15) is 11.4 Å². The Kier molecular flexibility index (Phi) is 6.82. The van der Waals surface area contributed by atoms with Crippen LogP contribution in [-0.2, 0) is 6.42 Å². The molecule has 0 spiro atoms. The Labute approximate surface area is 162 Å². The van der Waals surface area contributed by atoms with Crippen molar-refractivity contribution < 1.29 is 9.53 Å². The Hall–Kier alpha value is -2.40. The maximum Gasteiger partial charge on any atom is 0.272 e. The molecule has 0 bridgehead atoms. The summed E-state index contributed by atoms with van der Waals surface area (Å²) < 4.78 is 5.46. The normalized spacial score (nSPS) is 17.5. The van der Waals surface area contributed by atoms with Gasteiger partial charge in [-0.3, -0.25) is 9.78 Å². The van der Waals surface area contributed by atoms with Gasteiger partial charge in [0, 0.05) is 32.9 Å². The third kappa shape index (κ3) is 5.30. The molecule has 1 saturated heterocycles. The molecule has 2 heterocycles. The second kappa shape index (κ2) is 9.51. The van der Waals surface area contributed by atoms with E-state index in [0.717, 1.165) is 38.3 Å². The number of rotatable bonds is 7. The van der Waals surface area contributed by atoms with E-state index in [4.69, 9.17) is 4.74 Å². The summed E-state index contributed by atoms with van der Waals surface area (Å²) in [6.45, 7) is 3.97. The fourth-order valence-electron chi connectivity index (χ4n) is 3.85. The maximum absolute atomic E-state index is 12.5. The molecule has 1 aromatic heterocycles. The largest absolute Gasteiger partial charge is 0.496 e. The predicted molar refractivity (Wildman–Crippen MR) is 107 cm³/mol. The Balaban J connectivity index is 1.51. The van der Waals surface area contributed by atoms with E-state index >= 15 is 0 Å². The molecule has 5 heteroatoms. The molecule has 1 amide bonds. The fourth-order valence-corrected chi connectivity index (χ4v) is 3.85. The van der Waals surface area contributed by atoms with Gasteiger partial charge in [0.2, 0.25) is 0 Å². The SMILES string of the molecule is COc1ccccc1CCN1CCC[C@H](CN(C)C(=O)c2ccccn2)C1. The molecular weight excluding hydrogens is 338 g/mol. The van der Waals surface area contributed by atoms with E-state index in [2.05, 4.69) is 22.0 Å². The maximum atomic E-state index is 12.5. The molecule has 27 heavy (non-hydrogen) atoms. The molecule has 5 nitrogen and oxygen atoms in total. The van der Waals surface area contributed by atoms with Crippen molar-refractivity contribution >= 4 is 5.91 Å².